The molecule has 0 fully saturated rings. The Balaban J connectivity index is 0.00000156. The zero-order valence-corrected chi connectivity index (χ0v) is 16.6. The third-order valence-corrected chi connectivity index (χ3v) is 5.33. The highest BCUT2D eigenvalue weighted by molar-refractivity contribution is 7.29. The molecule has 3 rings (SSSR count). The van der Waals surface area contributed by atoms with E-state index >= 15 is 0 Å². The fourth-order valence-corrected chi connectivity index (χ4v) is 4.16. The van der Waals surface area contributed by atoms with Gasteiger partial charge < -0.3 is 16.4 Å². The van der Waals surface area contributed by atoms with Crippen LogP contribution in [0.2, 0.25) is 0 Å². The summed E-state index contributed by atoms with van der Waals surface area (Å²) in [7, 11) is 0. The van der Waals surface area contributed by atoms with Gasteiger partial charge in [0.25, 0.3) is 5.91 Å². The fourth-order valence-electron chi connectivity index (χ4n) is 2.10. The molecule has 3 aromatic rings. The van der Waals surface area contributed by atoms with Crippen molar-refractivity contribution in [3.05, 3.63) is 41.3 Å². The summed E-state index contributed by atoms with van der Waals surface area (Å²) in [5.41, 5.74) is 6.45. The lowest BCUT2D eigenvalue weighted by molar-refractivity contribution is 0.0957. The molecule has 9 heteroatoms. The lowest BCUT2D eigenvalue weighted by Gasteiger charge is -2.02. The van der Waals surface area contributed by atoms with Gasteiger partial charge in [-0.2, -0.15) is 0 Å². The average molecular weight is 419 g/mol. The van der Waals surface area contributed by atoms with Gasteiger partial charge in [-0.05, 0) is 37.6 Å². The number of para-hydroxylation sites is 1. The van der Waals surface area contributed by atoms with E-state index in [9.17, 15) is 4.79 Å². The normalized spacial score (nSPS) is 9.96. The first-order valence-electron chi connectivity index (χ1n) is 7.47. The van der Waals surface area contributed by atoms with Crippen LogP contribution in [0.1, 0.15) is 22.5 Å². The van der Waals surface area contributed by atoms with E-state index in [1.807, 2.05) is 36.4 Å². The van der Waals surface area contributed by atoms with Gasteiger partial charge in [-0.3, -0.25) is 4.79 Å². The Hall–Kier alpha value is -1.38. The summed E-state index contributed by atoms with van der Waals surface area (Å²) in [4.78, 5) is 18.2. The van der Waals surface area contributed by atoms with Gasteiger partial charge in [0.15, 0.2) is 5.13 Å². The quantitative estimate of drug-likeness (QED) is 0.496. The Morgan fingerprint density at radius 2 is 1.88 bits per heavy atom. The molecule has 4 N–H and O–H groups in total. The van der Waals surface area contributed by atoms with Crippen LogP contribution >= 0.6 is 47.5 Å². The number of unbranched alkanes of at least 4 members (excludes halogenated alkanes) is 1. The van der Waals surface area contributed by atoms with Gasteiger partial charge in [-0.25, -0.2) is 4.98 Å². The molecule has 0 radical (unpaired) electrons. The second-order valence-corrected chi connectivity index (χ2v) is 7.10. The van der Waals surface area contributed by atoms with Gasteiger partial charge in [0.2, 0.25) is 0 Å². The largest absolute Gasteiger partial charge is 0.351 e. The molecule has 0 spiro atoms. The van der Waals surface area contributed by atoms with Crippen molar-refractivity contribution in [1.82, 2.24) is 10.3 Å². The molecule has 0 bridgehead atoms. The van der Waals surface area contributed by atoms with Gasteiger partial charge >= 0.3 is 0 Å². The van der Waals surface area contributed by atoms with E-state index in [0.717, 1.165) is 33.2 Å². The first-order chi connectivity index (χ1) is 11.3. The monoisotopic (exact) mass is 418 g/mol. The minimum Gasteiger partial charge on any atom is -0.351 e. The van der Waals surface area contributed by atoms with Crippen molar-refractivity contribution in [1.29, 1.82) is 0 Å². The van der Waals surface area contributed by atoms with E-state index in [-0.39, 0.29) is 30.7 Å². The number of carbonyl (C=O) groups is 1. The molecule has 0 unspecified atom stereocenters. The summed E-state index contributed by atoms with van der Waals surface area (Å²) in [6.45, 7) is 1.32. The van der Waals surface area contributed by atoms with E-state index in [0.29, 0.717) is 18.0 Å². The van der Waals surface area contributed by atoms with Crippen LogP contribution in [-0.4, -0.2) is 24.0 Å². The molecule has 25 heavy (non-hydrogen) atoms. The van der Waals surface area contributed by atoms with Crippen molar-refractivity contribution in [2.75, 3.05) is 18.4 Å². The number of fused-ring (bicyclic) bond motifs is 1. The van der Waals surface area contributed by atoms with Crippen LogP contribution in [0.5, 0.6) is 0 Å². The van der Waals surface area contributed by atoms with Crippen molar-refractivity contribution in [2.24, 2.45) is 5.73 Å². The molecule has 0 saturated heterocycles. The van der Waals surface area contributed by atoms with Crippen LogP contribution in [0.15, 0.2) is 36.4 Å². The molecule has 0 aliphatic rings. The van der Waals surface area contributed by atoms with Crippen LogP contribution in [0.25, 0.3) is 9.53 Å². The van der Waals surface area contributed by atoms with Crippen molar-refractivity contribution in [3.8, 4) is 0 Å². The third kappa shape index (κ3) is 5.83. The number of aromatic nitrogens is 1. The topological polar surface area (TPSA) is 80.0 Å². The van der Waals surface area contributed by atoms with Crippen molar-refractivity contribution in [3.63, 3.8) is 0 Å². The number of nitrogens with one attached hydrogen (secondary N) is 2. The zero-order valence-electron chi connectivity index (χ0n) is 13.4. The van der Waals surface area contributed by atoms with Crippen LogP contribution in [0.3, 0.4) is 0 Å². The lowest BCUT2D eigenvalue weighted by atomic mass is 10.3. The minimum atomic E-state index is -0.0326. The highest BCUT2D eigenvalue weighted by Gasteiger charge is 2.13. The first kappa shape index (κ1) is 21.7. The van der Waals surface area contributed by atoms with E-state index in [1.54, 1.807) is 11.3 Å². The number of benzene rings is 1. The number of thiophene rings is 1. The lowest BCUT2D eigenvalue weighted by Crippen LogP contribution is -2.23. The number of thiazole rings is 1. The molecule has 0 aliphatic carbocycles. The Morgan fingerprint density at radius 1 is 1.12 bits per heavy atom. The van der Waals surface area contributed by atoms with Gasteiger partial charge in [0.05, 0.1) is 9.58 Å². The Labute approximate surface area is 166 Å². The molecule has 0 atom stereocenters. The second kappa shape index (κ2) is 10.6. The number of hydrogen-bond acceptors (Lipinski definition) is 6. The summed E-state index contributed by atoms with van der Waals surface area (Å²) in [5, 5.41) is 7.03. The molecule has 0 saturated carbocycles. The third-order valence-electron chi connectivity index (χ3n) is 3.25. The Bertz CT molecular complexity index is 760. The Morgan fingerprint density at radius 3 is 2.56 bits per heavy atom. The maximum Gasteiger partial charge on any atom is 0.261 e. The number of nitrogens with two attached hydrogens (primary N) is 1. The van der Waals surface area contributed by atoms with Crippen LogP contribution < -0.4 is 16.4 Å². The fraction of sp³-hybridized carbons (Fsp3) is 0.250. The van der Waals surface area contributed by atoms with Gasteiger partial charge in [0.1, 0.15) is 4.83 Å². The molecular weight excluding hydrogens is 399 g/mol. The number of hydrogen-bond donors (Lipinski definition) is 3. The molecule has 0 aliphatic heterocycles. The number of amides is 1. The number of anilines is 2. The van der Waals surface area contributed by atoms with Gasteiger partial charge in [-0.1, -0.05) is 29.5 Å². The van der Waals surface area contributed by atoms with E-state index in [1.165, 1.54) is 11.3 Å². The minimum absolute atomic E-state index is 0. The average Bonchev–Trinajstić information content (AvgIpc) is 3.11. The SMILES string of the molecule is Cl.Cl.NCCCCNC(=O)c1cc2sc(Nc3ccccc3)nc2s1. The number of carbonyl (C=O) groups excluding carboxylic acids is 1. The standard InChI is InChI=1S/C16H18N4OS2.2ClH/c17-8-4-5-9-18-14(21)12-10-13-15(22-12)20-16(23-13)19-11-6-2-1-3-7-11;;/h1-3,6-7,10H,4-5,8-9,17H2,(H,18,21)(H,19,20);2*1H. The van der Waals surface area contributed by atoms with Crippen LogP contribution in [0, 0.1) is 0 Å². The zero-order chi connectivity index (χ0) is 16.1. The van der Waals surface area contributed by atoms with Crippen molar-refractivity contribution < 1.29 is 4.79 Å². The molecular formula is C16H20Cl2N4OS2. The summed E-state index contributed by atoms with van der Waals surface area (Å²) >= 11 is 2.98. The van der Waals surface area contributed by atoms with Crippen LogP contribution in [0.4, 0.5) is 10.8 Å². The van der Waals surface area contributed by atoms with E-state index in [4.69, 9.17) is 5.73 Å². The smallest absolute Gasteiger partial charge is 0.261 e. The number of rotatable bonds is 7. The molecule has 2 aromatic heterocycles. The first-order valence-corrected chi connectivity index (χ1v) is 9.10. The van der Waals surface area contributed by atoms with E-state index in [2.05, 4.69) is 15.6 Å². The molecule has 1 aromatic carbocycles. The van der Waals surface area contributed by atoms with Gasteiger partial charge in [0, 0.05) is 12.2 Å². The number of halogens is 2. The molecule has 136 valence electrons. The molecule has 5 nitrogen and oxygen atoms in total. The summed E-state index contributed by atoms with van der Waals surface area (Å²) in [6.07, 6.45) is 1.83. The number of nitrogens with zero attached hydrogens (tertiary/aromatic N) is 1. The second-order valence-electron chi connectivity index (χ2n) is 5.04. The van der Waals surface area contributed by atoms with Crippen LogP contribution in [-0.2, 0) is 0 Å². The highest BCUT2D eigenvalue weighted by atomic mass is 35.5. The van der Waals surface area contributed by atoms with E-state index < -0.39 is 0 Å². The maximum atomic E-state index is 12.1. The summed E-state index contributed by atoms with van der Waals surface area (Å²) in [5.74, 6) is -0.0326. The van der Waals surface area contributed by atoms with Gasteiger partial charge in [-0.15, -0.1) is 36.2 Å². The highest BCUT2D eigenvalue weighted by Crippen LogP contribution is 2.34. The van der Waals surface area contributed by atoms with Crippen molar-refractivity contribution >= 4 is 73.7 Å². The maximum absolute atomic E-state index is 12.1. The predicted molar refractivity (Wildman–Crippen MR) is 112 cm³/mol. The summed E-state index contributed by atoms with van der Waals surface area (Å²) < 4.78 is 1.03. The molecule has 2 heterocycles. The van der Waals surface area contributed by atoms with Crippen molar-refractivity contribution in [2.45, 2.75) is 12.8 Å². The summed E-state index contributed by atoms with van der Waals surface area (Å²) in [6, 6.07) is 11.8. The molecule has 1 amide bonds. The predicted octanol–water partition coefficient (Wildman–Crippen LogP) is 4.41. The Kier molecular flexibility index (Phi) is 9.16.